The van der Waals surface area contributed by atoms with E-state index in [1.807, 2.05) is 0 Å². The van der Waals surface area contributed by atoms with E-state index in [-0.39, 0.29) is 18.9 Å². The van der Waals surface area contributed by atoms with Crippen LogP contribution in [-0.4, -0.2) is 30.5 Å². The Kier molecular flexibility index (Phi) is 4.44. The molecular weight excluding hydrogens is 208 g/mol. The monoisotopic (exact) mass is 222 g/mol. The molecule has 1 rings (SSSR count). The van der Waals surface area contributed by atoms with Crippen molar-refractivity contribution in [2.24, 2.45) is 0 Å². The van der Waals surface area contributed by atoms with Crippen molar-refractivity contribution in [1.82, 2.24) is 4.98 Å². The molecule has 0 aliphatic heterocycles. The Morgan fingerprint density at radius 2 is 2.19 bits per heavy atom. The Labute approximate surface area is 94.0 Å². The summed E-state index contributed by atoms with van der Waals surface area (Å²) in [5, 5.41) is 0. The van der Waals surface area contributed by atoms with Crippen molar-refractivity contribution >= 4 is 17.7 Å². The predicted octanol–water partition coefficient (Wildman–Crippen LogP) is 0.998. The molecule has 5 heteroatoms. The number of aromatic nitrogens is 1. The van der Waals surface area contributed by atoms with Crippen molar-refractivity contribution in [3.8, 4) is 0 Å². The van der Waals surface area contributed by atoms with E-state index in [0.29, 0.717) is 5.82 Å². The van der Waals surface area contributed by atoms with Gasteiger partial charge in [0.05, 0.1) is 6.61 Å². The summed E-state index contributed by atoms with van der Waals surface area (Å²) in [5.41, 5.74) is 0. The molecule has 0 aliphatic carbocycles. The minimum absolute atomic E-state index is 0.263. The number of hydrogen-bond donors (Lipinski definition) is 0. The molecule has 0 saturated heterocycles. The number of carbonyl (C=O) groups excluding carboxylic acids is 2. The van der Waals surface area contributed by atoms with Crippen molar-refractivity contribution in [1.29, 1.82) is 0 Å². The third-order valence-corrected chi connectivity index (χ3v) is 1.97. The molecule has 0 N–H and O–H groups in total. The van der Waals surface area contributed by atoms with E-state index in [9.17, 15) is 9.59 Å². The fourth-order valence-corrected chi connectivity index (χ4v) is 1.13. The largest absolute Gasteiger partial charge is 0.466 e. The number of hydrogen-bond acceptors (Lipinski definition) is 4. The maximum atomic E-state index is 11.6. The Hall–Kier alpha value is -1.91. The van der Waals surface area contributed by atoms with E-state index in [1.165, 1.54) is 4.90 Å². The molecule has 0 bridgehead atoms. The van der Waals surface area contributed by atoms with Crippen LogP contribution in [0.15, 0.2) is 24.4 Å². The van der Waals surface area contributed by atoms with Crippen LogP contribution in [0.1, 0.15) is 13.3 Å². The summed E-state index contributed by atoms with van der Waals surface area (Å²) in [7, 11) is 1.57. The highest BCUT2D eigenvalue weighted by molar-refractivity contribution is 6.02. The van der Waals surface area contributed by atoms with Crippen molar-refractivity contribution in [3.63, 3.8) is 0 Å². The molecule has 0 radical (unpaired) electrons. The van der Waals surface area contributed by atoms with Gasteiger partial charge in [0.25, 0.3) is 0 Å². The molecule has 5 nitrogen and oxygen atoms in total. The van der Waals surface area contributed by atoms with Gasteiger partial charge in [-0.3, -0.25) is 14.5 Å². The zero-order valence-corrected chi connectivity index (χ0v) is 9.34. The lowest BCUT2D eigenvalue weighted by Gasteiger charge is -2.15. The molecule has 0 fully saturated rings. The highest BCUT2D eigenvalue weighted by Gasteiger charge is 2.16. The molecule has 0 aliphatic rings. The average Bonchev–Trinajstić information content (AvgIpc) is 2.29. The number of amides is 1. The van der Waals surface area contributed by atoms with Gasteiger partial charge in [-0.15, -0.1) is 0 Å². The summed E-state index contributed by atoms with van der Waals surface area (Å²) in [4.78, 5) is 28.0. The molecule has 16 heavy (non-hydrogen) atoms. The van der Waals surface area contributed by atoms with Crippen LogP contribution in [0.5, 0.6) is 0 Å². The second kappa shape index (κ2) is 5.85. The predicted molar refractivity (Wildman–Crippen MR) is 58.9 cm³/mol. The Bertz CT molecular complexity index is 365. The number of esters is 1. The standard InChI is InChI=1S/C11H14N2O3/c1-3-16-11(15)8-10(14)13(2)9-6-4-5-7-12-9/h4-7H,3,8H2,1-2H3. The molecule has 0 aromatic carbocycles. The lowest BCUT2D eigenvalue weighted by molar-refractivity contribution is -0.145. The topological polar surface area (TPSA) is 59.5 Å². The summed E-state index contributed by atoms with van der Waals surface area (Å²) in [5.74, 6) is -0.343. The quantitative estimate of drug-likeness (QED) is 0.563. The molecular formula is C11H14N2O3. The first-order chi connectivity index (χ1) is 7.65. The van der Waals surface area contributed by atoms with Crippen LogP contribution in [0, 0.1) is 0 Å². The second-order valence-corrected chi connectivity index (χ2v) is 3.12. The molecule has 1 aromatic rings. The summed E-state index contributed by atoms with van der Waals surface area (Å²) >= 11 is 0. The van der Waals surface area contributed by atoms with E-state index in [4.69, 9.17) is 4.74 Å². The first-order valence-electron chi connectivity index (χ1n) is 4.98. The first kappa shape index (κ1) is 12.2. The summed E-state index contributed by atoms with van der Waals surface area (Å²) in [6.07, 6.45) is 1.32. The molecule has 0 saturated carbocycles. The van der Waals surface area contributed by atoms with E-state index in [0.717, 1.165) is 0 Å². The van der Waals surface area contributed by atoms with Gasteiger partial charge in [-0.05, 0) is 19.1 Å². The summed E-state index contributed by atoms with van der Waals surface area (Å²) in [6.45, 7) is 1.98. The Morgan fingerprint density at radius 1 is 1.44 bits per heavy atom. The zero-order chi connectivity index (χ0) is 12.0. The smallest absolute Gasteiger partial charge is 0.315 e. The number of anilines is 1. The second-order valence-electron chi connectivity index (χ2n) is 3.12. The number of pyridine rings is 1. The fourth-order valence-electron chi connectivity index (χ4n) is 1.13. The van der Waals surface area contributed by atoms with Crippen LogP contribution in [0.4, 0.5) is 5.82 Å². The van der Waals surface area contributed by atoms with Crippen LogP contribution in [0.2, 0.25) is 0 Å². The van der Waals surface area contributed by atoms with Gasteiger partial charge in [0, 0.05) is 13.2 Å². The summed E-state index contributed by atoms with van der Waals surface area (Å²) in [6, 6.07) is 5.23. The Balaban J connectivity index is 2.58. The fraction of sp³-hybridized carbons (Fsp3) is 0.364. The van der Waals surface area contributed by atoms with Crippen LogP contribution < -0.4 is 4.90 Å². The van der Waals surface area contributed by atoms with Gasteiger partial charge >= 0.3 is 5.97 Å². The maximum absolute atomic E-state index is 11.6. The van der Waals surface area contributed by atoms with Crippen LogP contribution in [0.3, 0.4) is 0 Å². The number of ether oxygens (including phenoxy) is 1. The van der Waals surface area contributed by atoms with Crippen LogP contribution in [-0.2, 0) is 14.3 Å². The highest BCUT2D eigenvalue weighted by Crippen LogP contribution is 2.08. The molecule has 1 aromatic heterocycles. The van der Waals surface area contributed by atoms with Crippen molar-refractivity contribution in [2.45, 2.75) is 13.3 Å². The summed E-state index contributed by atoms with van der Waals surface area (Å²) < 4.78 is 4.69. The van der Waals surface area contributed by atoms with E-state index >= 15 is 0 Å². The molecule has 0 atom stereocenters. The molecule has 1 amide bonds. The lowest BCUT2D eigenvalue weighted by atomic mass is 10.3. The van der Waals surface area contributed by atoms with Crippen molar-refractivity contribution in [2.75, 3.05) is 18.6 Å². The van der Waals surface area contributed by atoms with Gasteiger partial charge in [-0.2, -0.15) is 0 Å². The van der Waals surface area contributed by atoms with Crippen LogP contribution in [0.25, 0.3) is 0 Å². The van der Waals surface area contributed by atoms with E-state index in [1.54, 1.807) is 38.4 Å². The van der Waals surface area contributed by atoms with Gasteiger partial charge in [-0.25, -0.2) is 4.98 Å². The van der Waals surface area contributed by atoms with Gasteiger partial charge in [-0.1, -0.05) is 6.07 Å². The van der Waals surface area contributed by atoms with Gasteiger partial charge in [0.15, 0.2) is 0 Å². The van der Waals surface area contributed by atoms with Crippen molar-refractivity contribution in [3.05, 3.63) is 24.4 Å². The molecule has 0 spiro atoms. The minimum Gasteiger partial charge on any atom is -0.466 e. The highest BCUT2D eigenvalue weighted by atomic mass is 16.5. The van der Waals surface area contributed by atoms with Gasteiger partial charge in [0.2, 0.25) is 5.91 Å². The number of rotatable bonds is 4. The Morgan fingerprint density at radius 3 is 2.75 bits per heavy atom. The maximum Gasteiger partial charge on any atom is 0.315 e. The van der Waals surface area contributed by atoms with Gasteiger partial charge in [0.1, 0.15) is 12.2 Å². The average molecular weight is 222 g/mol. The number of carbonyl (C=O) groups is 2. The first-order valence-corrected chi connectivity index (χ1v) is 4.98. The third kappa shape index (κ3) is 3.34. The van der Waals surface area contributed by atoms with Crippen molar-refractivity contribution < 1.29 is 14.3 Å². The lowest BCUT2D eigenvalue weighted by Crippen LogP contribution is -2.29. The van der Waals surface area contributed by atoms with E-state index < -0.39 is 5.97 Å². The molecule has 86 valence electrons. The van der Waals surface area contributed by atoms with Gasteiger partial charge < -0.3 is 4.74 Å². The van der Waals surface area contributed by atoms with Crippen LogP contribution >= 0.6 is 0 Å². The van der Waals surface area contributed by atoms with E-state index in [2.05, 4.69) is 4.98 Å². The normalized spacial score (nSPS) is 9.62. The molecule has 1 heterocycles. The SMILES string of the molecule is CCOC(=O)CC(=O)N(C)c1ccccn1. The minimum atomic E-state index is -0.518. The third-order valence-electron chi connectivity index (χ3n) is 1.97. The molecule has 0 unspecified atom stereocenters. The zero-order valence-electron chi connectivity index (χ0n) is 9.34. The number of nitrogens with zero attached hydrogens (tertiary/aromatic N) is 2.